The van der Waals surface area contributed by atoms with E-state index >= 15 is 0 Å². The van der Waals surface area contributed by atoms with Crippen LogP contribution < -0.4 is 9.47 Å². The summed E-state index contributed by atoms with van der Waals surface area (Å²) in [5.74, 6) is 3.53. The van der Waals surface area contributed by atoms with Crippen LogP contribution in [0.4, 0.5) is 0 Å². The molecule has 0 atom stereocenters. The number of nitrogens with zero attached hydrogens (tertiary/aromatic N) is 1. The van der Waals surface area contributed by atoms with Gasteiger partial charge in [-0.1, -0.05) is 78.9 Å². The number of rotatable bonds is 7. The van der Waals surface area contributed by atoms with Crippen LogP contribution in [0.5, 0.6) is 17.2 Å². The Hall–Kier alpha value is -4.02. The first kappa shape index (κ1) is 22.4. The molecule has 1 aliphatic heterocycles. The Kier molecular flexibility index (Phi) is 6.43. The van der Waals surface area contributed by atoms with Crippen molar-refractivity contribution in [3.8, 4) is 17.2 Å². The molecule has 1 aromatic heterocycles. The quantitative estimate of drug-likeness (QED) is 0.231. The van der Waals surface area contributed by atoms with Gasteiger partial charge in [0.2, 0.25) is 0 Å². The summed E-state index contributed by atoms with van der Waals surface area (Å²) in [6.45, 7) is 0.564. The Bertz CT molecular complexity index is 1510. The zero-order chi connectivity index (χ0) is 24.2. The molecule has 4 aromatic carbocycles. The number of hydrogen-bond acceptors (Lipinski definition) is 4. The monoisotopic (exact) mass is 487 g/mol. The molecule has 0 spiro atoms. The standard InChI is InChI=1S/C32H25NO2S/c1-3-8-24(9-4-1)22-34-25-17-14-23(15-18-25)16-19-29-27-20-21-36-32(27)28-12-7-13-30(31(28)33-29)35-26-10-5-2-6-11-26/h1-19H,20-22H2/b19-16+. The highest BCUT2D eigenvalue weighted by molar-refractivity contribution is 7.99. The molecule has 0 amide bonds. The van der Waals surface area contributed by atoms with Gasteiger partial charge < -0.3 is 9.47 Å². The van der Waals surface area contributed by atoms with Gasteiger partial charge in [0.1, 0.15) is 23.6 Å². The fraction of sp³-hybridized carbons (Fsp3) is 0.0938. The molecule has 0 aliphatic carbocycles. The number of pyridine rings is 1. The lowest BCUT2D eigenvalue weighted by Crippen LogP contribution is -1.96. The molecule has 0 bridgehead atoms. The minimum atomic E-state index is 0.564. The first-order valence-corrected chi connectivity index (χ1v) is 13.1. The third kappa shape index (κ3) is 4.86. The Morgan fingerprint density at radius 3 is 2.33 bits per heavy atom. The first-order valence-electron chi connectivity index (χ1n) is 12.1. The molecule has 0 saturated heterocycles. The highest BCUT2D eigenvalue weighted by Crippen LogP contribution is 2.42. The molecule has 4 heteroatoms. The second kappa shape index (κ2) is 10.3. The summed E-state index contributed by atoms with van der Waals surface area (Å²) in [6.07, 6.45) is 5.28. The highest BCUT2D eigenvalue weighted by Gasteiger charge is 2.21. The van der Waals surface area contributed by atoms with Gasteiger partial charge in [-0.05, 0) is 59.5 Å². The molecule has 0 saturated carbocycles. The number of aromatic nitrogens is 1. The summed E-state index contributed by atoms with van der Waals surface area (Å²) in [5.41, 5.74) is 5.50. The highest BCUT2D eigenvalue weighted by atomic mass is 32.2. The fourth-order valence-corrected chi connectivity index (χ4v) is 5.59. The molecule has 3 nitrogen and oxygen atoms in total. The van der Waals surface area contributed by atoms with Crippen molar-refractivity contribution in [3.05, 3.63) is 126 Å². The van der Waals surface area contributed by atoms with Crippen LogP contribution in [0.1, 0.15) is 22.4 Å². The van der Waals surface area contributed by atoms with E-state index in [-0.39, 0.29) is 0 Å². The molecule has 176 valence electrons. The fourth-order valence-electron chi connectivity index (χ4n) is 4.38. The molecule has 2 heterocycles. The molecular formula is C32H25NO2S. The zero-order valence-corrected chi connectivity index (χ0v) is 20.6. The molecule has 0 fully saturated rings. The second-order valence-electron chi connectivity index (χ2n) is 8.65. The maximum Gasteiger partial charge on any atom is 0.153 e. The Balaban J connectivity index is 1.26. The molecule has 1 aliphatic rings. The summed E-state index contributed by atoms with van der Waals surface area (Å²) >= 11 is 1.91. The summed E-state index contributed by atoms with van der Waals surface area (Å²) in [4.78, 5) is 6.41. The molecule has 5 aromatic rings. The minimum Gasteiger partial charge on any atom is -0.489 e. The van der Waals surface area contributed by atoms with Gasteiger partial charge in [-0.15, -0.1) is 11.8 Å². The number of benzene rings is 4. The molecule has 0 unspecified atom stereocenters. The van der Waals surface area contributed by atoms with E-state index in [9.17, 15) is 0 Å². The summed E-state index contributed by atoms with van der Waals surface area (Å²) in [6, 6.07) is 34.5. The number of hydrogen-bond donors (Lipinski definition) is 0. The minimum absolute atomic E-state index is 0.564. The van der Waals surface area contributed by atoms with E-state index < -0.39 is 0 Å². The van der Waals surface area contributed by atoms with Crippen molar-refractivity contribution in [3.63, 3.8) is 0 Å². The first-order chi connectivity index (χ1) is 17.8. The third-order valence-electron chi connectivity index (χ3n) is 6.19. The number of thioether (sulfide) groups is 1. The van der Waals surface area contributed by atoms with Gasteiger partial charge in [0, 0.05) is 16.0 Å². The average molecular weight is 488 g/mol. The van der Waals surface area contributed by atoms with Crippen molar-refractivity contribution in [1.29, 1.82) is 0 Å². The molecule has 0 N–H and O–H groups in total. The van der Waals surface area contributed by atoms with E-state index in [0.717, 1.165) is 57.1 Å². The molecule has 36 heavy (non-hydrogen) atoms. The Morgan fingerprint density at radius 1 is 0.750 bits per heavy atom. The second-order valence-corrected chi connectivity index (χ2v) is 9.75. The summed E-state index contributed by atoms with van der Waals surface area (Å²) in [5, 5.41) is 1.16. The zero-order valence-electron chi connectivity index (χ0n) is 19.8. The van der Waals surface area contributed by atoms with E-state index in [0.29, 0.717) is 6.61 Å². The van der Waals surface area contributed by atoms with Gasteiger partial charge in [-0.25, -0.2) is 4.98 Å². The predicted molar refractivity (Wildman–Crippen MR) is 149 cm³/mol. The van der Waals surface area contributed by atoms with Gasteiger partial charge in [0.25, 0.3) is 0 Å². The molecule has 0 radical (unpaired) electrons. The van der Waals surface area contributed by atoms with Crippen LogP contribution in [0.2, 0.25) is 0 Å². The largest absolute Gasteiger partial charge is 0.489 e. The Morgan fingerprint density at radius 2 is 1.53 bits per heavy atom. The van der Waals surface area contributed by atoms with Crippen molar-refractivity contribution in [1.82, 2.24) is 4.98 Å². The Labute approximate surface area is 215 Å². The summed E-state index contributed by atoms with van der Waals surface area (Å²) in [7, 11) is 0. The van der Waals surface area contributed by atoms with Crippen LogP contribution in [0.15, 0.2) is 108 Å². The van der Waals surface area contributed by atoms with Crippen LogP contribution in [0.25, 0.3) is 23.1 Å². The van der Waals surface area contributed by atoms with E-state index in [2.05, 4.69) is 48.6 Å². The van der Waals surface area contributed by atoms with Crippen molar-refractivity contribution < 1.29 is 9.47 Å². The van der Waals surface area contributed by atoms with Crippen molar-refractivity contribution in [2.24, 2.45) is 0 Å². The van der Waals surface area contributed by atoms with Gasteiger partial charge in [0.05, 0.1) is 5.69 Å². The summed E-state index contributed by atoms with van der Waals surface area (Å²) < 4.78 is 12.2. The van der Waals surface area contributed by atoms with Crippen molar-refractivity contribution in [2.45, 2.75) is 17.9 Å². The lowest BCUT2D eigenvalue weighted by Gasteiger charge is -2.12. The maximum atomic E-state index is 6.23. The number of fused-ring (bicyclic) bond motifs is 3. The van der Waals surface area contributed by atoms with Crippen LogP contribution in [-0.4, -0.2) is 10.7 Å². The van der Waals surface area contributed by atoms with Crippen molar-refractivity contribution >= 4 is 34.8 Å². The smallest absolute Gasteiger partial charge is 0.153 e. The average Bonchev–Trinajstić information content (AvgIpc) is 3.43. The van der Waals surface area contributed by atoms with Gasteiger partial charge in [-0.3, -0.25) is 0 Å². The van der Waals surface area contributed by atoms with Gasteiger partial charge in [0.15, 0.2) is 5.75 Å². The lowest BCUT2D eigenvalue weighted by atomic mass is 10.1. The van der Waals surface area contributed by atoms with E-state index in [4.69, 9.17) is 14.5 Å². The molecule has 6 rings (SSSR count). The van der Waals surface area contributed by atoms with Crippen LogP contribution in [0.3, 0.4) is 0 Å². The number of ether oxygens (including phenoxy) is 2. The van der Waals surface area contributed by atoms with E-state index in [1.165, 1.54) is 10.5 Å². The van der Waals surface area contributed by atoms with Crippen LogP contribution in [0, 0.1) is 0 Å². The SMILES string of the molecule is C(=C\c1nc2c(Oc3ccccc3)cccc2c2c1CCS2)/c1ccc(OCc2ccccc2)cc1. The van der Waals surface area contributed by atoms with Crippen LogP contribution in [-0.2, 0) is 13.0 Å². The lowest BCUT2D eigenvalue weighted by molar-refractivity contribution is 0.306. The van der Waals surface area contributed by atoms with Crippen LogP contribution >= 0.6 is 11.8 Å². The van der Waals surface area contributed by atoms with Gasteiger partial charge in [-0.2, -0.15) is 0 Å². The normalized spacial score (nSPS) is 12.7. The van der Waals surface area contributed by atoms with E-state index in [1.807, 2.05) is 78.5 Å². The van der Waals surface area contributed by atoms with E-state index in [1.54, 1.807) is 0 Å². The maximum absolute atomic E-state index is 6.23. The topological polar surface area (TPSA) is 31.4 Å². The predicted octanol–water partition coefficient (Wildman–Crippen LogP) is 8.42. The molecular weight excluding hydrogens is 462 g/mol. The third-order valence-corrected chi connectivity index (χ3v) is 7.35. The van der Waals surface area contributed by atoms with Gasteiger partial charge >= 0.3 is 0 Å². The number of para-hydroxylation sites is 2. The van der Waals surface area contributed by atoms with Crippen molar-refractivity contribution in [2.75, 3.05) is 5.75 Å².